The summed E-state index contributed by atoms with van der Waals surface area (Å²) in [6, 6.07) is 0. The minimum absolute atomic E-state index is 0.188. The Hall–Kier alpha value is -1.63. The average molecular weight is 186 g/mol. The second-order valence-corrected chi connectivity index (χ2v) is 2.77. The van der Waals surface area contributed by atoms with Gasteiger partial charge in [-0.2, -0.15) is 0 Å². The summed E-state index contributed by atoms with van der Waals surface area (Å²) in [5, 5.41) is 12.8. The van der Waals surface area contributed by atoms with E-state index >= 15 is 0 Å². The molecule has 5 N–H and O–H groups in total. The van der Waals surface area contributed by atoms with E-state index in [0.29, 0.717) is 0 Å². The molecule has 0 aliphatic carbocycles. The van der Waals surface area contributed by atoms with E-state index < -0.39 is 5.91 Å². The van der Waals surface area contributed by atoms with Crippen LogP contribution in [0.5, 0.6) is 0 Å². The van der Waals surface area contributed by atoms with Crippen LogP contribution in [0.1, 0.15) is 5.69 Å². The number of nitrogens with zero attached hydrogens (tertiary/aromatic N) is 2. The SMILES string of the molecule is NC(=O)/C(=N\O)c1csc(N)n1. The Morgan fingerprint density at radius 3 is 2.75 bits per heavy atom. The van der Waals surface area contributed by atoms with Crippen LogP contribution in [0.4, 0.5) is 5.13 Å². The molecule has 6 nitrogen and oxygen atoms in total. The molecule has 1 aromatic heterocycles. The van der Waals surface area contributed by atoms with E-state index in [1.165, 1.54) is 5.38 Å². The predicted molar refractivity (Wildman–Crippen MR) is 44.0 cm³/mol. The van der Waals surface area contributed by atoms with Crippen molar-refractivity contribution in [2.24, 2.45) is 10.9 Å². The molecule has 1 rings (SSSR count). The number of carbonyl (C=O) groups is 1. The van der Waals surface area contributed by atoms with Gasteiger partial charge < -0.3 is 16.7 Å². The number of nitrogens with two attached hydrogens (primary N) is 2. The van der Waals surface area contributed by atoms with Gasteiger partial charge in [0.15, 0.2) is 10.8 Å². The van der Waals surface area contributed by atoms with Crippen molar-refractivity contribution in [3.63, 3.8) is 0 Å². The van der Waals surface area contributed by atoms with Crippen molar-refractivity contribution in [1.29, 1.82) is 0 Å². The Labute approximate surface area is 71.5 Å². The zero-order valence-corrected chi connectivity index (χ0v) is 6.71. The van der Waals surface area contributed by atoms with E-state index in [4.69, 9.17) is 16.7 Å². The largest absolute Gasteiger partial charge is 0.410 e. The molecule has 0 fully saturated rings. The third-order valence-electron chi connectivity index (χ3n) is 1.10. The van der Waals surface area contributed by atoms with E-state index in [9.17, 15) is 4.79 Å². The topological polar surface area (TPSA) is 115 Å². The quantitative estimate of drug-likeness (QED) is 0.324. The fourth-order valence-electron chi connectivity index (χ4n) is 0.623. The van der Waals surface area contributed by atoms with Crippen LogP contribution in [0, 0.1) is 0 Å². The summed E-state index contributed by atoms with van der Waals surface area (Å²) in [5.74, 6) is -0.845. The summed E-state index contributed by atoms with van der Waals surface area (Å²) in [4.78, 5) is 14.3. The number of rotatable bonds is 2. The summed E-state index contributed by atoms with van der Waals surface area (Å²) in [6.07, 6.45) is 0. The average Bonchev–Trinajstić information content (AvgIpc) is 2.37. The molecule has 0 aliphatic rings. The molecular weight excluding hydrogens is 180 g/mol. The molecule has 12 heavy (non-hydrogen) atoms. The summed E-state index contributed by atoms with van der Waals surface area (Å²) in [7, 11) is 0. The molecule has 0 bridgehead atoms. The second kappa shape index (κ2) is 3.18. The van der Waals surface area contributed by atoms with Crippen LogP contribution in [-0.2, 0) is 4.79 Å². The zero-order valence-electron chi connectivity index (χ0n) is 5.89. The molecule has 7 heteroatoms. The van der Waals surface area contributed by atoms with Crippen molar-refractivity contribution >= 4 is 28.1 Å². The summed E-state index contributed by atoms with van der Waals surface area (Å²) < 4.78 is 0. The van der Waals surface area contributed by atoms with Crippen molar-refractivity contribution in [2.45, 2.75) is 0 Å². The Balaban J connectivity index is 3.04. The summed E-state index contributed by atoms with van der Waals surface area (Å²) >= 11 is 1.13. The zero-order chi connectivity index (χ0) is 9.14. The number of hydrogen-bond acceptors (Lipinski definition) is 6. The molecule has 0 saturated heterocycles. The first-order valence-electron chi connectivity index (χ1n) is 2.88. The van der Waals surface area contributed by atoms with E-state index in [1.807, 2.05) is 0 Å². The molecular formula is C5H6N4O2S. The molecule has 0 saturated carbocycles. The highest BCUT2D eigenvalue weighted by molar-refractivity contribution is 7.13. The number of thiazole rings is 1. The van der Waals surface area contributed by atoms with Gasteiger partial charge in [-0.05, 0) is 0 Å². The van der Waals surface area contributed by atoms with Crippen LogP contribution in [-0.4, -0.2) is 21.8 Å². The summed E-state index contributed by atoms with van der Waals surface area (Å²) in [6.45, 7) is 0. The number of primary amides is 1. The predicted octanol–water partition coefficient (Wildman–Crippen LogP) is -0.611. The van der Waals surface area contributed by atoms with Gasteiger partial charge in [0.2, 0.25) is 0 Å². The highest BCUT2D eigenvalue weighted by Crippen LogP contribution is 2.11. The first-order chi connectivity index (χ1) is 5.65. The van der Waals surface area contributed by atoms with Crippen LogP contribution in [0.2, 0.25) is 0 Å². The lowest BCUT2D eigenvalue weighted by Crippen LogP contribution is -2.24. The number of nitrogen functional groups attached to an aromatic ring is 1. The van der Waals surface area contributed by atoms with Gasteiger partial charge in [0.25, 0.3) is 5.91 Å². The molecule has 0 aliphatic heterocycles. The maximum absolute atomic E-state index is 10.6. The molecule has 64 valence electrons. The van der Waals surface area contributed by atoms with Crippen molar-refractivity contribution in [3.05, 3.63) is 11.1 Å². The highest BCUT2D eigenvalue weighted by Gasteiger charge is 2.13. The number of oxime groups is 1. The van der Waals surface area contributed by atoms with Gasteiger partial charge in [-0.3, -0.25) is 4.79 Å². The maximum atomic E-state index is 10.6. The molecule has 1 heterocycles. The lowest BCUT2D eigenvalue weighted by atomic mass is 10.3. The third-order valence-corrected chi connectivity index (χ3v) is 1.77. The van der Waals surface area contributed by atoms with Gasteiger partial charge in [-0.25, -0.2) is 4.98 Å². The monoisotopic (exact) mass is 186 g/mol. The van der Waals surface area contributed by atoms with Gasteiger partial charge in [-0.15, -0.1) is 11.3 Å². The molecule has 0 atom stereocenters. The van der Waals surface area contributed by atoms with Crippen LogP contribution < -0.4 is 11.5 Å². The first kappa shape index (κ1) is 8.47. The van der Waals surface area contributed by atoms with Gasteiger partial charge in [-0.1, -0.05) is 5.16 Å². The van der Waals surface area contributed by atoms with Gasteiger partial charge in [0.05, 0.1) is 0 Å². The number of hydrogen-bond donors (Lipinski definition) is 3. The van der Waals surface area contributed by atoms with E-state index in [2.05, 4.69) is 10.1 Å². The fourth-order valence-corrected chi connectivity index (χ4v) is 1.17. The van der Waals surface area contributed by atoms with Crippen LogP contribution in [0.3, 0.4) is 0 Å². The number of carbonyl (C=O) groups excluding carboxylic acids is 1. The highest BCUT2D eigenvalue weighted by atomic mass is 32.1. The molecule has 0 spiro atoms. The van der Waals surface area contributed by atoms with E-state index in [-0.39, 0.29) is 16.5 Å². The first-order valence-corrected chi connectivity index (χ1v) is 3.76. The van der Waals surface area contributed by atoms with E-state index in [1.54, 1.807) is 0 Å². The Morgan fingerprint density at radius 2 is 2.42 bits per heavy atom. The van der Waals surface area contributed by atoms with Gasteiger partial charge in [0, 0.05) is 5.38 Å². The molecule has 1 aromatic rings. The van der Waals surface area contributed by atoms with Crippen molar-refractivity contribution in [1.82, 2.24) is 4.98 Å². The van der Waals surface area contributed by atoms with E-state index in [0.717, 1.165) is 11.3 Å². The lowest BCUT2D eigenvalue weighted by Gasteiger charge is -1.91. The minimum atomic E-state index is -0.845. The Kier molecular flexibility index (Phi) is 2.24. The fraction of sp³-hybridized carbons (Fsp3) is 0. The Morgan fingerprint density at radius 1 is 1.75 bits per heavy atom. The number of anilines is 1. The van der Waals surface area contributed by atoms with Gasteiger partial charge in [0.1, 0.15) is 5.69 Å². The normalized spacial score (nSPS) is 11.5. The molecule has 0 radical (unpaired) electrons. The van der Waals surface area contributed by atoms with Crippen LogP contribution >= 0.6 is 11.3 Å². The lowest BCUT2D eigenvalue weighted by molar-refractivity contribution is -0.112. The van der Waals surface area contributed by atoms with Crippen molar-refractivity contribution in [3.8, 4) is 0 Å². The smallest absolute Gasteiger partial charge is 0.273 e. The standard InChI is InChI=1S/C5H6N4O2S/c6-4(10)3(9-11)2-1-12-5(7)8-2/h1,11H,(H2,6,10)(H2,7,8)/b9-3-. The van der Waals surface area contributed by atoms with Crippen molar-refractivity contribution < 1.29 is 10.0 Å². The minimum Gasteiger partial charge on any atom is -0.410 e. The van der Waals surface area contributed by atoms with Crippen LogP contribution in [0.25, 0.3) is 0 Å². The molecule has 1 amide bonds. The molecule has 0 aromatic carbocycles. The number of aromatic nitrogens is 1. The molecule has 0 unspecified atom stereocenters. The third kappa shape index (κ3) is 1.51. The summed E-state index contributed by atoms with van der Waals surface area (Å²) in [5.41, 5.74) is 10.1. The number of amides is 1. The van der Waals surface area contributed by atoms with Crippen molar-refractivity contribution in [2.75, 3.05) is 5.73 Å². The second-order valence-electron chi connectivity index (χ2n) is 1.88. The maximum Gasteiger partial charge on any atom is 0.273 e. The van der Waals surface area contributed by atoms with Gasteiger partial charge >= 0.3 is 0 Å². The Bertz CT molecular complexity index is 332. The van der Waals surface area contributed by atoms with Crippen LogP contribution in [0.15, 0.2) is 10.5 Å².